The fourth-order valence-corrected chi connectivity index (χ4v) is 3.20. The van der Waals surface area contributed by atoms with Gasteiger partial charge in [0.25, 0.3) is 0 Å². The molecule has 0 aliphatic carbocycles. The first-order valence-corrected chi connectivity index (χ1v) is 10.3. The lowest BCUT2D eigenvalue weighted by Gasteiger charge is -2.12. The third-order valence-corrected chi connectivity index (χ3v) is 5.59. The van der Waals surface area contributed by atoms with E-state index in [0.717, 1.165) is 17.9 Å². The molecule has 2 nitrogen and oxygen atoms in total. The van der Waals surface area contributed by atoms with E-state index in [-0.39, 0.29) is 0 Å². The lowest BCUT2D eigenvalue weighted by atomic mass is 9.99. The van der Waals surface area contributed by atoms with E-state index in [1.165, 1.54) is 47.9 Å². The van der Waals surface area contributed by atoms with Gasteiger partial charge in [-0.1, -0.05) is 45.2 Å². The molecule has 1 atom stereocenters. The van der Waals surface area contributed by atoms with E-state index in [1.807, 2.05) is 18.3 Å². The molecule has 0 saturated heterocycles. The first kappa shape index (κ1) is 21.2. The van der Waals surface area contributed by atoms with Crippen molar-refractivity contribution in [2.24, 2.45) is 10.9 Å². The molecule has 0 aliphatic heterocycles. The minimum atomic E-state index is 0.607. The number of hydrogen-bond acceptors (Lipinski definition) is 2. The van der Waals surface area contributed by atoms with Crippen LogP contribution in [0.25, 0.3) is 0 Å². The van der Waals surface area contributed by atoms with Crippen molar-refractivity contribution in [1.82, 2.24) is 0 Å². The Morgan fingerprint density at radius 3 is 2.37 bits per heavy atom. The van der Waals surface area contributed by atoms with E-state index in [1.54, 1.807) is 0 Å². The molecular weight excluding hydrogens is 330 g/mol. The van der Waals surface area contributed by atoms with Crippen LogP contribution in [0, 0.1) is 26.7 Å². The first-order chi connectivity index (χ1) is 13.0. The number of hydrogen-bond donors (Lipinski definition) is 0. The standard InChI is InChI=1S/C25H35NO/c1-6-8-9-22(7-2)16-26-17-23-11-14-25(15-12-23)27-18-24-13-10-19(3)20(4)21(24)5/h10-15,17,22H,6-9,16,18H2,1-5H3. The van der Waals surface area contributed by atoms with Gasteiger partial charge in [0.1, 0.15) is 12.4 Å². The van der Waals surface area contributed by atoms with Crippen molar-refractivity contribution < 1.29 is 4.74 Å². The van der Waals surface area contributed by atoms with E-state index in [2.05, 4.69) is 63.9 Å². The molecule has 27 heavy (non-hydrogen) atoms. The highest BCUT2D eigenvalue weighted by Gasteiger charge is 2.05. The molecule has 0 amide bonds. The topological polar surface area (TPSA) is 21.6 Å². The third kappa shape index (κ3) is 6.53. The van der Waals surface area contributed by atoms with E-state index in [0.29, 0.717) is 12.5 Å². The second-order valence-corrected chi connectivity index (χ2v) is 7.56. The summed E-state index contributed by atoms with van der Waals surface area (Å²) in [5.74, 6) is 1.61. The van der Waals surface area contributed by atoms with Gasteiger partial charge in [0.2, 0.25) is 0 Å². The Labute approximate surface area is 165 Å². The molecular formula is C25H35NO. The van der Waals surface area contributed by atoms with E-state index in [4.69, 9.17) is 4.74 Å². The van der Waals surface area contributed by atoms with Crippen LogP contribution in [0.2, 0.25) is 0 Å². The number of nitrogens with zero attached hydrogens (tertiary/aromatic N) is 1. The molecule has 2 aromatic rings. The molecule has 0 spiro atoms. The summed E-state index contributed by atoms with van der Waals surface area (Å²) in [7, 11) is 0. The summed E-state index contributed by atoms with van der Waals surface area (Å²) in [4.78, 5) is 4.65. The fraction of sp³-hybridized carbons (Fsp3) is 0.480. The zero-order valence-corrected chi connectivity index (χ0v) is 17.7. The van der Waals surface area contributed by atoms with Crippen LogP contribution in [-0.4, -0.2) is 12.8 Å². The summed E-state index contributed by atoms with van der Waals surface area (Å²) in [6.45, 7) is 12.6. The highest BCUT2D eigenvalue weighted by molar-refractivity contribution is 5.79. The van der Waals surface area contributed by atoms with Crippen molar-refractivity contribution in [1.29, 1.82) is 0 Å². The maximum atomic E-state index is 5.98. The molecule has 0 N–H and O–H groups in total. The lowest BCUT2D eigenvalue weighted by Crippen LogP contribution is -2.03. The number of ether oxygens (including phenoxy) is 1. The van der Waals surface area contributed by atoms with Crippen LogP contribution in [0.4, 0.5) is 0 Å². The quantitative estimate of drug-likeness (QED) is 0.423. The molecule has 0 fully saturated rings. The summed E-state index contributed by atoms with van der Waals surface area (Å²) in [6.07, 6.45) is 7.06. The minimum absolute atomic E-state index is 0.607. The van der Waals surface area contributed by atoms with Crippen LogP contribution in [-0.2, 0) is 6.61 Å². The molecule has 2 aromatic carbocycles. The molecule has 0 bridgehead atoms. The Morgan fingerprint density at radius 2 is 1.70 bits per heavy atom. The van der Waals surface area contributed by atoms with Crippen LogP contribution >= 0.6 is 0 Å². The van der Waals surface area contributed by atoms with E-state index in [9.17, 15) is 0 Å². The minimum Gasteiger partial charge on any atom is -0.489 e. The molecule has 146 valence electrons. The van der Waals surface area contributed by atoms with Gasteiger partial charge in [-0.15, -0.1) is 0 Å². The predicted molar refractivity (Wildman–Crippen MR) is 117 cm³/mol. The summed E-state index contributed by atoms with van der Waals surface area (Å²) in [5, 5.41) is 0. The van der Waals surface area contributed by atoms with Crippen LogP contribution in [0.1, 0.15) is 67.3 Å². The fourth-order valence-electron chi connectivity index (χ4n) is 3.20. The first-order valence-electron chi connectivity index (χ1n) is 10.3. The van der Waals surface area contributed by atoms with E-state index >= 15 is 0 Å². The van der Waals surface area contributed by atoms with Gasteiger partial charge in [-0.2, -0.15) is 0 Å². The summed E-state index contributed by atoms with van der Waals surface area (Å²) in [6, 6.07) is 12.6. The Morgan fingerprint density at radius 1 is 0.963 bits per heavy atom. The van der Waals surface area contributed by atoms with Crippen LogP contribution in [0.3, 0.4) is 0 Å². The summed E-state index contributed by atoms with van der Waals surface area (Å²) in [5.41, 5.74) is 6.40. The second-order valence-electron chi connectivity index (χ2n) is 7.56. The lowest BCUT2D eigenvalue weighted by molar-refractivity contribution is 0.305. The summed E-state index contributed by atoms with van der Waals surface area (Å²) < 4.78 is 5.98. The molecule has 0 aliphatic rings. The van der Waals surface area contributed by atoms with Crippen molar-refractivity contribution in [3.8, 4) is 5.75 Å². The number of aryl methyl sites for hydroxylation is 1. The predicted octanol–water partition coefficient (Wildman–Crippen LogP) is 6.83. The monoisotopic (exact) mass is 365 g/mol. The van der Waals surface area contributed by atoms with Crippen molar-refractivity contribution >= 4 is 6.21 Å². The number of benzene rings is 2. The highest BCUT2D eigenvalue weighted by atomic mass is 16.5. The van der Waals surface area contributed by atoms with E-state index < -0.39 is 0 Å². The Balaban J connectivity index is 1.88. The average Bonchev–Trinajstić information content (AvgIpc) is 2.69. The second kappa shape index (κ2) is 10.9. The summed E-state index contributed by atoms with van der Waals surface area (Å²) >= 11 is 0. The SMILES string of the molecule is CCCCC(CC)CN=Cc1ccc(OCc2ccc(C)c(C)c2C)cc1. The number of unbranched alkanes of at least 4 members (excludes halogenated alkanes) is 1. The van der Waals surface area contributed by atoms with Crippen LogP contribution < -0.4 is 4.74 Å². The zero-order chi connectivity index (χ0) is 19.6. The molecule has 1 unspecified atom stereocenters. The maximum absolute atomic E-state index is 5.98. The average molecular weight is 366 g/mol. The highest BCUT2D eigenvalue weighted by Crippen LogP contribution is 2.20. The van der Waals surface area contributed by atoms with Crippen LogP contribution in [0.5, 0.6) is 5.75 Å². The van der Waals surface area contributed by atoms with Crippen molar-refractivity contribution in [3.05, 3.63) is 64.2 Å². The Hall–Kier alpha value is -2.09. The number of rotatable bonds is 10. The van der Waals surface area contributed by atoms with Gasteiger partial charge in [-0.3, -0.25) is 4.99 Å². The zero-order valence-electron chi connectivity index (χ0n) is 17.7. The van der Waals surface area contributed by atoms with Gasteiger partial charge < -0.3 is 4.74 Å². The molecule has 0 aromatic heterocycles. The van der Waals surface area contributed by atoms with Gasteiger partial charge >= 0.3 is 0 Å². The van der Waals surface area contributed by atoms with Gasteiger partial charge in [0.15, 0.2) is 0 Å². The maximum Gasteiger partial charge on any atom is 0.119 e. The molecule has 2 rings (SSSR count). The molecule has 0 radical (unpaired) electrons. The molecule has 0 heterocycles. The van der Waals surface area contributed by atoms with Gasteiger partial charge in [-0.05, 0) is 85.2 Å². The normalized spacial score (nSPS) is 12.5. The number of aliphatic imine (C=N–C) groups is 1. The molecule has 0 saturated carbocycles. The van der Waals surface area contributed by atoms with Crippen LogP contribution in [0.15, 0.2) is 41.4 Å². The largest absolute Gasteiger partial charge is 0.489 e. The third-order valence-electron chi connectivity index (χ3n) is 5.59. The Bertz CT molecular complexity index is 731. The molecule has 2 heteroatoms. The van der Waals surface area contributed by atoms with Gasteiger partial charge in [0.05, 0.1) is 0 Å². The van der Waals surface area contributed by atoms with Crippen molar-refractivity contribution in [3.63, 3.8) is 0 Å². The smallest absolute Gasteiger partial charge is 0.119 e. The van der Waals surface area contributed by atoms with Crippen molar-refractivity contribution in [2.45, 2.75) is 66.9 Å². The van der Waals surface area contributed by atoms with Gasteiger partial charge in [0, 0.05) is 12.8 Å². The Kier molecular flexibility index (Phi) is 8.57. The van der Waals surface area contributed by atoms with Crippen molar-refractivity contribution in [2.75, 3.05) is 6.54 Å². The van der Waals surface area contributed by atoms with Gasteiger partial charge in [-0.25, -0.2) is 0 Å².